The molecule has 3 amide bonds. The fourth-order valence-corrected chi connectivity index (χ4v) is 5.42. The summed E-state index contributed by atoms with van der Waals surface area (Å²) in [7, 11) is 4.50. The van der Waals surface area contributed by atoms with Crippen molar-refractivity contribution in [3.8, 4) is 23.0 Å². The van der Waals surface area contributed by atoms with E-state index in [0.29, 0.717) is 46.4 Å². The lowest BCUT2D eigenvalue weighted by Crippen LogP contribution is -2.30. The number of unbranched alkanes of at least 4 members (excludes halogenated alkanes) is 1. The molecule has 4 aromatic carbocycles. The van der Waals surface area contributed by atoms with Gasteiger partial charge in [0.1, 0.15) is 17.2 Å². The fourth-order valence-electron chi connectivity index (χ4n) is 4.55. The summed E-state index contributed by atoms with van der Waals surface area (Å²) in [6.45, 7) is 4.60. The summed E-state index contributed by atoms with van der Waals surface area (Å²) in [6.07, 6.45) is 3.56. The number of hydrogen-bond donors (Lipinski definition) is 3. The molecule has 0 aliphatic heterocycles. The van der Waals surface area contributed by atoms with Crippen LogP contribution in [-0.2, 0) is 9.59 Å². The lowest BCUT2D eigenvalue weighted by atomic mass is 10.1. The molecule has 0 saturated carbocycles. The number of hydrogen-bond acceptors (Lipinski definition) is 8. The molecule has 0 saturated heterocycles. The quantitative estimate of drug-likeness (QED) is 0.0634. The summed E-state index contributed by atoms with van der Waals surface area (Å²) in [5.41, 5.74) is 2.02. The molecule has 0 aliphatic rings. The Balaban J connectivity index is 1.45. The zero-order valence-corrected chi connectivity index (χ0v) is 29.0. The molecule has 0 spiro atoms. The predicted octanol–water partition coefficient (Wildman–Crippen LogP) is 7.42. The molecular weight excluding hydrogens is 642 g/mol. The second-order valence-corrected chi connectivity index (χ2v) is 12.2. The maximum Gasteiger partial charge on any atom is 0.272 e. The van der Waals surface area contributed by atoms with Crippen LogP contribution in [0.5, 0.6) is 23.0 Å². The summed E-state index contributed by atoms with van der Waals surface area (Å²) in [5, 5.41) is 8.13. The van der Waals surface area contributed by atoms with Crippen molar-refractivity contribution in [2.24, 2.45) is 0 Å². The zero-order chi connectivity index (χ0) is 35.2. The molecule has 0 heterocycles. The van der Waals surface area contributed by atoms with Gasteiger partial charge in [-0.25, -0.2) is 0 Å². The van der Waals surface area contributed by atoms with Crippen LogP contribution < -0.4 is 34.9 Å². The number of rotatable bonds is 16. The van der Waals surface area contributed by atoms with Crippen LogP contribution in [0.2, 0.25) is 0 Å². The van der Waals surface area contributed by atoms with Gasteiger partial charge in [-0.15, -0.1) is 11.8 Å². The van der Waals surface area contributed by atoms with E-state index in [0.717, 1.165) is 23.5 Å². The van der Waals surface area contributed by atoms with Crippen molar-refractivity contribution >= 4 is 46.9 Å². The largest absolute Gasteiger partial charge is 0.496 e. The van der Waals surface area contributed by atoms with Crippen molar-refractivity contribution < 1.29 is 33.3 Å². The summed E-state index contributed by atoms with van der Waals surface area (Å²) >= 11 is 1.39. The molecule has 3 N–H and O–H groups in total. The number of methoxy groups -OCH3 is 3. The van der Waals surface area contributed by atoms with Gasteiger partial charge in [0, 0.05) is 33.5 Å². The van der Waals surface area contributed by atoms with Crippen molar-refractivity contribution in [3.05, 3.63) is 108 Å². The second-order valence-electron chi connectivity index (χ2n) is 10.8. The highest BCUT2D eigenvalue weighted by molar-refractivity contribution is 8.00. The highest BCUT2D eigenvalue weighted by atomic mass is 32.2. The predicted molar refractivity (Wildman–Crippen MR) is 194 cm³/mol. The minimum Gasteiger partial charge on any atom is -0.496 e. The number of amides is 3. The molecule has 4 rings (SSSR count). The van der Waals surface area contributed by atoms with E-state index in [1.807, 2.05) is 43.3 Å². The normalized spacial score (nSPS) is 11.6. The molecule has 10 nitrogen and oxygen atoms in total. The van der Waals surface area contributed by atoms with E-state index in [2.05, 4.69) is 22.9 Å². The Bertz CT molecular complexity index is 1740. The number of anilines is 2. The minimum atomic E-state index is -0.559. The molecule has 49 heavy (non-hydrogen) atoms. The molecule has 1 atom stereocenters. The SMILES string of the molecule is CCCCOc1ccc(NC(=O)C(C)Sc2ccc(NC(=O)/C(=C/c3cc(OC)c(OC)cc3OC)NC(=O)c3ccccc3)cc2)cc1. The van der Waals surface area contributed by atoms with E-state index in [-0.39, 0.29) is 16.9 Å². The highest BCUT2D eigenvalue weighted by Crippen LogP contribution is 2.36. The van der Waals surface area contributed by atoms with Crippen LogP contribution >= 0.6 is 11.8 Å². The minimum absolute atomic E-state index is 0.0244. The van der Waals surface area contributed by atoms with Gasteiger partial charge in [-0.05, 0) is 86.2 Å². The first-order valence-electron chi connectivity index (χ1n) is 15.7. The van der Waals surface area contributed by atoms with E-state index in [9.17, 15) is 14.4 Å². The van der Waals surface area contributed by atoms with Crippen molar-refractivity contribution in [3.63, 3.8) is 0 Å². The van der Waals surface area contributed by atoms with E-state index in [1.165, 1.54) is 39.2 Å². The monoisotopic (exact) mass is 683 g/mol. The summed E-state index contributed by atoms with van der Waals surface area (Å²) in [6, 6.07) is 26.3. The van der Waals surface area contributed by atoms with E-state index < -0.39 is 11.8 Å². The van der Waals surface area contributed by atoms with Gasteiger partial charge >= 0.3 is 0 Å². The van der Waals surface area contributed by atoms with Crippen molar-refractivity contribution in [2.45, 2.75) is 36.8 Å². The molecule has 0 fully saturated rings. The second kappa shape index (κ2) is 18.2. The van der Waals surface area contributed by atoms with Crippen molar-refractivity contribution in [1.82, 2.24) is 5.32 Å². The Morgan fingerprint density at radius 3 is 2.02 bits per heavy atom. The van der Waals surface area contributed by atoms with E-state index >= 15 is 0 Å². The Kier molecular flexibility index (Phi) is 13.5. The third-order valence-corrected chi connectivity index (χ3v) is 8.36. The van der Waals surface area contributed by atoms with Gasteiger partial charge in [0.15, 0.2) is 11.5 Å². The fraction of sp³-hybridized carbons (Fsp3) is 0.237. The number of thioether (sulfide) groups is 1. The number of carbonyl (C=O) groups is 3. The molecular formula is C38H41N3O7S. The first kappa shape index (κ1) is 36.4. The summed E-state index contributed by atoms with van der Waals surface area (Å²) in [5.74, 6) is 0.879. The number of nitrogens with one attached hydrogen (secondary N) is 3. The molecule has 11 heteroatoms. The van der Waals surface area contributed by atoms with Crippen LogP contribution in [0.3, 0.4) is 0 Å². The molecule has 4 aromatic rings. The first-order valence-corrected chi connectivity index (χ1v) is 16.6. The average Bonchev–Trinajstić information content (AvgIpc) is 3.12. The number of ether oxygens (including phenoxy) is 4. The van der Waals surface area contributed by atoms with Gasteiger partial charge in [0.05, 0.1) is 33.2 Å². The van der Waals surface area contributed by atoms with Gasteiger partial charge in [-0.3, -0.25) is 14.4 Å². The molecule has 0 aromatic heterocycles. The third kappa shape index (κ3) is 10.5. The summed E-state index contributed by atoms with van der Waals surface area (Å²) in [4.78, 5) is 40.4. The number of carbonyl (C=O) groups excluding carboxylic acids is 3. The van der Waals surface area contributed by atoms with Crippen LogP contribution in [0.4, 0.5) is 11.4 Å². The maximum absolute atomic E-state index is 13.6. The Morgan fingerprint density at radius 2 is 1.39 bits per heavy atom. The van der Waals surface area contributed by atoms with E-state index in [1.54, 1.807) is 54.6 Å². The molecule has 0 aliphatic carbocycles. The standard InChI is InChI=1S/C38H41N3O7S/c1-6-7-21-48-30-17-13-28(14-18-30)39-36(42)25(2)49-31-19-15-29(16-20-31)40-38(44)32(41-37(43)26-11-9-8-10-12-26)22-27-23-34(46-4)35(47-5)24-33(27)45-3/h8-20,22-25H,6-7,21H2,1-5H3,(H,39,42)(H,40,44)(H,41,43)/b32-22-. The van der Waals surface area contributed by atoms with Crippen molar-refractivity contribution in [2.75, 3.05) is 38.6 Å². The van der Waals surface area contributed by atoms with Gasteiger partial charge < -0.3 is 34.9 Å². The molecule has 256 valence electrons. The third-order valence-electron chi connectivity index (χ3n) is 7.25. The Hall–Kier alpha value is -5.42. The van der Waals surface area contributed by atoms with Crippen LogP contribution in [0.25, 0.3) is 6.08 Å². The topological polar surface area (TPSA) is 124 Å². The summed E-state index contributed by atoms with van der Waals surface area (Å²) < 4.78 is 22.0. The van der Waals surface area contributed by atoms with Gasteiger partial charge in [0.25, 0.3) is 11.8 Å². The van der Waals surface area contributed by atoms with Crippen LogP contribution in [0.15, 0.2) is 102 Å². The lowest BCUT2D eigenvalue weighted by Gasteiger charge is -2.15. The lowest BCUT2D eigenvalue weighted by molar-refractivity contribution is -0.115. The first-order chi connectivity index (χ1) is 23.7. The zero-order valence-electron chi connectivity index (χ0n) is 28.2. The van der Waals surface area contributed by atoms with Crippen LogP contribution in [-0.4, -0.2) is 50.9 Å². The smallest absolute Gasteiger partial charge is 0.272 e. The molecule has 1 unspecified atom stereocenters. The van der Waals surface area contributed by atoms with E-state index in [4.69, 9.17) is 18.9 Å². The van der Waals surface area contributed by atoms with Gasteiger partial charge in [-0.1, -0.05) is 31.5 Å². The Morgan fingerprint density at radius 1 is 0.776 bits per heavy atom. The maximum atomic E-state index is 13.6. The molecule has 0 bridgehead atoms. The number of benzene rings is 4. The van der Waals surface area contributed by atoms with Gasteiger partial charge in [-0.2, -0.15) is 0 Å². The average molecular weight is 684 g/mol. The molecule has 0 radical (unpaired) electrons. The highest BCUT2D eigenvalue weighted by Gasteiger charge is 2.19. The van der Waals surface area contributed by atoms with Crippen molar-refractivity contribution in [1.29, 1.82) is 0 Å². The van der Waals surface area contributed by atoms with Crippen LogP contribution in [0.1, 0.15) is 42.6 Å². The Labute approximate surface area is 291 Å². The van der Waals surface area contributed by atoms with Gasteiger partial charge in [0.2, 0.25) is 5.91 Å². The van der Waals surface area contributed by atoms with Crippen LogP contribution in [0, 0.1) is 0 Å².